The fourth-order valence-electron chi connectivity index (χ4n) is 2.96. The summed E-state index contributed by atoms with van der Waals surface area (Å²) in [5, 5.41) is 18.5. The summed E-state index contributed by atoms with van der Waals surface area (Å²) < 4.78 is 0. The van der Waals surface area contributed by atoms with Gasteiger partial charge in [0.15, 0.2) is 5.69 Å². The highest BCUT2D eigenvalue weighted by atomic mass is 16.3. The van der Waals surface area contributed by atoms with E-state index < -0.39 is 0 Å². The number of hydrogen-bond acceptors (Lipinski definition) is 3. The standard InChI is InChI=1S/C21H23N3O2/c1-13(2)12-15-8-10-16(11-9-15)14(3)20(25)24-23-19-17-6-4-5-7-18(17)22-21(19)26/h4-11,13-14,22,26H,12H2,1-3H3/t14-/m1/s1. The van der Waals surface area contributed by atoms with Crippen LogP contribution in [-0.4, -0.2) is 16.0 Å². The van der Waals surface area contributed by atoms with Gasteiger partial charge in [-0.15, -0.1) is 10.2 Å². The summed E-state index contributed by atoms with van der Waals surface area (Å²) in [4.78, 5) is 15.2. The Kier molecular flexibility index (Phi) is 5.16. The SMILES string of the molecule is CC(C)Cc1ccc([C@@H](C)C(=O)N=Nc2c(O)[nH]c3ccccc23)cc1. The van der Waals surface area contributed by atoms with Crippen LogP contribution in [0.25, 0.3) is 10.9 Å². The van der Waals surface area contributed by atoms with Crippen LogP contribution in [0.2, 0.25) is 0 Å². The maximum atomic E-state index is 12.4. The third-order valence-electron chi connectivity index (χ3n) is 4.40. The van der Waals surface area contributed by atoms with Gasteiger partial charge in [-0.3, -0.25) is 4.79 Å². The highest BCUT2D eigenvalue weighted by Crippen LogP contribution is 2.35. The van der Waals surface area contributed by atoms with Gasteiger partial charge in [-0.2, -0.15) is 0 Å². The van der Waals surface area contributed by atoms with Crippen molar-refractivity contribution >= 4 is 22.5 Å². The normalized spacial score (nSPS) is 12.9. The van der Waals surface area contributed by atoms with Gasteiger partial charge in [-0.25, -0.2) is 0 Å². The first-order valence-corrected chi connectivity index (χ1v) is 8.79. The quantitative estimate of drug-likeness (QED) is 0.598. The number of amides is 1. The summed E-state index contributed by atoms with van der Waals surface area (Å²) in [6.07, 6.45) is 1.02. The van der Waals surface area contributed by atoms with Crippen molar-refractivity contribution in [2.75, 3.05) is 0 Å². The minimum atomic E-state index is -0.390. The van der Waals surface area contributed by atoms with Crippen LogP contribution in [-0.2, 0) is 11.2 Å². The Balaban J connectivity index is 1.76. The van der Waals surface area contributed by atoms with Crippen LogP contribution in [0.3, 0.4) is 0 Å². The van der Waals surface area contributed by atoms with E-state index in [1.807, 2.05) is 43.3 Å². The third kappa shape index (κ3) is 3.82. The van der Waals surface area contributed by atoms with E-state index in [0.717, 1.165) is 22.9 Å². The summed E-state index contributed by atoms with van der Waals surface area (Å²) >= 11 is 0. The van der Waals surface area contributed by atoms with Gasteiger partial charge in [0.1, 0.15) is 0 Å². The van der Waals surface area contributed by atoms with Crippen LogP contribution in [0.1, 0.15) is 37.8 Å². The van der Waals surface area contributed by atoms with Crippen LogP contribution in [0.5, 0.6) is 5.88 Å². The zero-order chi connectivity index (χ0) is 18.7. The molecular formula is C21H23N3O2. The van der Waals surface area contributed by atoms with E-state index in [2.05, 4.69) is 41.2 Å². The molecule has 0 fully saturated rings. The van der Waals surface area contributed by atoms with Gasteiger partial charge in [0.05, 0.1) is 11.4 Å². The van der Waals surface area contributed by atoms with Gasteiger partial charge in [0, 0.05) is 5.39 Å². The lowest BCUT2D eigenvalue weighted by molar-refractivity contribution is -0.119. The summed E-state index contributed by atoms with van der Waals surface area (Å²) in [6, 6.07) is 15.4. The first-order valence-electron chi connectivity index (χ1n) is 8.79. The van der Waals surface area contributed by atoms with Crippen molar-refractivity contribution in [1.29, 1.82) is 0 Å². The number of para-hydroxylation sites is 1. The van der Waals surface area contributed by atoms with Gasteiger partial charge in [-0.05, 0) is 36.5 Å². The van der Waals surface area contributed by atoms with Gasteiger partial charge < -0.3 is 10.1 Å². The largest absolute Gasteiger partial charge is 0.493 e. The summed E-state index contributed by atoms with van der Waals surface area (Å²) in [5.41, 5.74) is 3.20. The molecule has 2 aromatic carbocycles. The topological polar surface area (TPSA) is 77.8 Å². The molecular weight excluding hydrogens is 326 g/mol. The average molecular weight is 349 g/mol. The first kappa shape index (κ1) is 17.9. The van der Waals surface area contributed by atoms with Gasteiger partial charge in [-0.1, -0.05) is 56.3 Å². The summed E-state index contributed by atoms with van der Waals surface area (Å²) in [7, 11) is 0. The van der Waals surface area contributed by atoms with Crippen molar-refractivity contribution in [3.63, 3.8) is 0 Å². The van der Waals surface area contributed by atoms with Crippen LogP contribution >= 0.6 is 0 Å². The number of nitrogens with one attached hydrogen (secondary N) is 1. The number of carbonyl (C=O) groups excluding carboxylic acids is 1. The molecule has 3 rings (SSSR count). The highest BCUT2D eigenvalue weighted by molar-refractivity contribution is 5.94. The van der Waals surface area contributed by atoms with Crippen molar-refractivity contribution in [1.82, 2.24) is 4.98 Å². The minimum Gasteiger partial charge on any atom is -0.493 e. The van der Waals surface area contributed by atoms with Crippen LogP contribution < -0.4 is 0 Å². The molecule has 2 N–H and O–H groups in total. The molecule has 5 heteroatoms. The van der Waals surface area contributed by atoms with Gasteiger partial charge in [0.2, 0.25) is 5.88 Å². The molecule has 0 bridgehead atoms. The fourth-order valence-corrected chi connectivity index (χ4v) is 2.96. The van der Waals surface area contributed by atoms with E-state index in [-0.39, 0.29) is 23.4 Å². The molecule has 0 aliphatic carbocycles. The lowest BCUT2D eigenvalue weighted by Gasteiger charge is -2.09. The Hall–Kier alpha value is -2.95. The molecule has 5 nitrogen and oxygen atoms in total. The molecule has 0 radical (unpaired) electrons. The maximum Gasteiger partial charge on any atom is 0.271 e. The number of aromatic hydroxyl groups is 1. The number of H-pyrrole nitrogens is 1. The lowest BCUT2D eigenvalue weighted by atomic mass is 9.96. The molecule has 1 amide bonds. The second kappa shape index (κ2) is 7.52. The summed E-state index contributed by atoms with van der Waals surface area (Å²) in [6.45, 7) is 6.18. The number of carbonyl (C=O) groups is 1. The number of nitrogens with zero attached hydrogens (tertiary/aromatic N) is 2. The van der Waals surface area contributed by atoms with E-state index in [1.165, 1.54) is 5.56 Å². The van der Waals surface area contributed by atoms with Crippen LogP contribution in [0, 0.1) is 5.92 Å². The molecule has 134 valence electrons. The molecule has 1 heterocycles. The number of azo groups is 1. The van der Waals surface area contributed by atoms with Crippen LogP contribution in [0.4, 0.5) is 5.69 Å². The number of benzene rings is 2. The zero-order valence-electron chi connectivity index (χ0n) is 15.2. The Morgan fingerprint density at radius 2 is 1.77 bits per heavy atom. The first-order chi connectivity index (χ1) is 12.5. The Labute approximate surface area is 152 Å². The number of rotatable bonds is 5. The molecule has 0 saturated heterocycles. The van der Waals surface area contributed by atoms with E-state index >= 15 is 0 Å². The maximum absolute atomic E-state index is 12.4. The molecule has 1 aromatic heterocycles. The second-order valence-electron chi connectivity index (χ2n) is 6.97. The van der Waals surface area contributed by atoms with Crippen molar-refractivity contribution in [3.05, 3.63) is 59.7 Å². The molecule has 0 saturated carbocycles. The molecule has 0 spiro atoms. The van der Waals surface area contributed by atoms with E-state index in [0.29, 0.717) is 5.92 Å². The predicted octanol–water partition coefficient (Wildman–Crippen LogP) is 5.49. The number of fused-ring (bicyclic) bond motifs is 1. The predicted molar refractivity (Wildman–Crippen MR) is 103 cm³/mol. The molecule has 0 aliphatic heterocycles. The monoisotopic (exact) mass is 349 g/mol. The van der Waals surface area contributed by atoms with Crippen molar-refractivity contribution < 1.29 is 9.90 Å². The molecule has 26 heavy (non-hydrogen) atoms. The number of aromatic amines is 1. The number of hydrogen-bond donors (Lipinski definition) is 2. The van der Waals surface area contributed by atoms with Crippen molar-refractivity contribution in [2.45, 2.75) is 33.1 Å². The molecule has 0 unspecified atom stereocenters. The smallest absolute Gasteiger partial charge is 0.271 e. The zero-order valence-corrected chi connectivity index (χ0v) is 15.2. The number of aromatic nitrogens is 1. The molecule has 0 aliphatic rings. The second-order valence-corrected chi connectivity index (χ2v) is 6.97. The Morgan fingerprint density at radius 3 is 2.46 bits per heavy atom. The van der Waals surface area contributed by atoms with Gasteiger partial charge in [0.25, 0.3) is 5.91 Å². The third-order valence-corrected chi connectivity index (χ3v) is 4.40. The fraction of sp³-hybridized carbons (Fsp3) is 0.286. The van der Waals surface area contributed by atoms with Crippen LogP contribution in [0.15, 0.2) is 58.8 Å². The molecule has 1 atom stereocenters. The molecule has 3 aromatic rings. The van der Waals surface area contributed by atoms with E-state index in [4.69, 9.17) is 0 Å². The Morgan fingerprint density at radius 1 is 1.08 bits per heavy atom. The summed E-state index contributed by atoms with van der Waals surface area (Å²) in [5.74, 6) is -0.225. The van der Waals surface area contributed by atoms with E-state index in [1.54, 1.807) is 0 Å². The van der Waals surface area contributed by atoms with E-state index in [9.17, 15) is 9.90 Å². The van der Waals surface area contributed by atoms with Gasteiger partial charge >= 0.3 is 0 Å². The minimum absolute atomic E-state index is 0.0894. The Bertz CT molecular complexity index is 940. The average Bonchev–Trinajstić information content (AvgIpc) is 2.94. The van der Waals surface area contributed by atoms with Crippen molar-refractivity contribution in [3.8, 4) is 5.88 Å². The lowest BCUT2D eigenvalue weighted by Crippen LogP contribution is -2.05. The highest BCUT2D eigenvalue weighted by Gasteiger charge is 2.16. The van der Waals surface area contributed by atoms with Crippen molar-refractivity contribution in [2.24, 2.45) is 16.1 Å².